The molecule has 4 rings (SSSR count). The second-order valence-electron chi connectivity index (χ2n) is 9.47. The molecule has 1 aromatic rings. The first-order valence-corrected chi connectivity index (χ1v) is 11.7. The zero-order valence-electron chi connectivity index (χ0n) is 19.5. The van der Waals surface area contributed by atoms with Crippen molar-refractivity contribution in [1.29, 1.82) is 0 Å². The number of nitrogens with zero attached hydrogens (tertiary/aromatic N) is 2. The Hall–Kier alpha value is -2.38. The number of morpholine rings is 1. The van der Waals surface area contributed by atoms with Crippen LogP contribution in [0.25, 0.3) is 5.57 Å². The van der Waals surface area contributed by atoms with E-state index >= 15 is 0 Å². The third-order valence-corrected chi connectivity index (χ3v) is 6.02. The minimum atomic E-state index is -0.247. The standard InChI is InChI=1S/C25H34N2O5/c1-16(2)15-31-20-9-7-19(8-10-20)22-23(26-12-17(3)32-18(4)13-26)25(29)27(24(22)28)14-21-6-5-11-30-21/h7-10,16-18,21H,5-6,11-15H2,1-4H3. The Morgan fingerprint density at radius 3 is 2.34 bits per heavy atom. The van der Waals surface area contributed by atoms with E-state index < -0.39 is 0 Å². The molecule has 1 aromatic carbocycles. The van der Waals surface area contributed by atoms with E-state index in [0.717, 1.165) is 24.2 Å². The molecule has 0 aliphatic carbocycles. The average molecular weight is 443 g/mol. The highest BCUT2D eigenvalue weighted by atomic mass is 16.5. The molecule has 0 spiro atoms. The maximum atomic E-state index is 13.5. The lowest BCUT2D eigenvalue weighted by molar-refractivity contribution is -0.140. The quantitative estimate of drug-likeness (QED) is 0.605. The third kappa shape index (κ3) is 4.84. The highest BCUT2D eigenvalue weighted by Gasteiger charge is 2.44. The van der Waals surface area contributed by atoms with Gasteiger partial charge in [0.15, 0.2) is 0 Å². The van der Waals surface area contributed by atoms with Crippen molar-refractivity contribution in [2.75, 3.05) is 32.8 Å². The number of carbonyl (C=O) groups is 2. The summed E-state index contributed by atoms with van der Waals surface area (Å²) in [6, 6.07) is 7.49. The predicted molar refractivity (Wildman–Crippen MR) is 121 cm³/mol. The van der Waals surface area contributed by atoms with Gasteiger partial charge >= 0.3 is 0 Å². The molecule has 0 bridgehead atoms. The molecule has 3 atom stereocenters. The van der Waals surface area contributed by atoms with Gasteiger partial charge in [-0.15, -0.1) is 0 Å². The molecular formula is C25H34N2O5. The minimum absolute atomic E-state index is 0.0190. The van der Waals surface area contributed by atoms with E-state index in [4.69, 9.17) is 14.2 Å². The molecule has 3 aliphatic heterocycles. The number of benzene rings is 1. The van der Waals surface area contributed by atoms with Crippen molar-refractivity contribution in [3.63, 3.8) is 0 Å². The molecule has 2 amide bonds. The van der Waals surface area contributed by atoms with Gasteiger partial charge in [0.2, 0.25) is 0 Å². The molecule has 0 saturated carbocycles. The van der Waals surface area contributed by atoms with Gasteiger partial charge in [-0.05, 0) is 50.3 Å². The topological polar surface area (TPSA) is 68.3 Å². The fraction of sp³-hybridized carbons (Fsp3) is 0.600. The summed E-state index contributed by atoms with van der Waals surface area (Å²) in [6.45, 7) is 11.0. The molecule has 3 heterocycles. The fourth-order valence-electron chi connectivity index (χ4n) is 4.62. The molecule has 2 fully saturated rings. The number of rotatable bonds is 7. The van der Waals surface area contributed by atoms with Crippen LogP contribution in [0.15, 0.2) is 30.0 Å². The zero-order chi connectivity index (χ0) is 22.8. The van der Waals surface area contributed by atoms with Crippen molar-refractivity contribution in [2.24, 2.45) is 5.92 Å². The molecular weight excluding hydrogens is 408 g/mol. The van der Waals surface area contributed by atoms with E-state index in [1.54, 1.807) is 0 Å². The summed E-state index contributed by atoms with van der Waals surface area (Å²) in [5.41, 5.74) is 1.67. The second kappa shape index (κ2) is 9.63. The molecule has 0 aromatic heterocycles. The van der Waals surface area contributed by atoms with Crippen LogP contribution in [0.2, 0.25) is 0 Å². The maximum absolute atomic E-state index is 13.5. The summed E-state index contributed by atoms with van der Waals surface area (Å²) in [5.74, 6) is 0.700. The van der Waals surface area contributed by atoms with Crippen LogP contribution in [0.3, 0.4) is 0 Å². The van der Waals surface area contributed by atoms with Gasteiger partial charge < -0.3 is 19.1 Å². The largest absolute Gasteiger partial charge is 0.493 e. The van der Waals surface area contributed by atoms with Crippen LogP contribution < -0.4 is 4.74 Å². The molecule has 2 saturated heterocycles. The number of hydrogen-bond donors (Lipinski definition) is 0. The van der Waals surface area contributed by atoms with Crippen molar-refractivity contribution in [1.82, 2.24) is 9.80 Å². The summed E-state index contributed by atoms with van der Waals surface area (Å²) in [7, 11) is 0. The monoisotopic (exact) mass is 442 g/mol. The lowest BCUT2D eigenvalue weighted by Crippen LogP contribution is -2.47. The first kappa shape index (κ1) is 22.8. The number of amides is 2. The van der Waals surface area contributed by atoms with Gasteiger partial charge in [0, 0.05) is 19.7 Å². The van der Waals surface area contributed by atoms with Crippen molar-refractivity contribution in [3.05, 3.63) is 35.5 Å². The maximum Gasteiger partial charge on any atom is 0.277 e. The Balaban J connectivity index is 1.65. The summed E-state index contributed by atoms with van der Waals surface area (Å²) >= 11 is 0. The van der Waals surface area contributed by atoms with Gasteiger partial charge in [-0.25, -0.2) is 0 Å². The number of imide groups is 1. The normalized spacial score (nSPS) is 26.6. The molecule has 7 heteroatoms. The Kier molecular flexibility index (Phi) is 6.86. The molecule has 0 N–H and O–H groups in total. The molecule has 3 unspecified atom stereocenters. The van der Waals surface area contributed by atoms with Gasteiger partial charge in [0.05, 0.1) is 37.0 Å². The molecule has 7 nitrogen and oxygen atoms in total. The average Bonchev–Trinajstić information content (AvgIpc) is 3.34. The van der Waals surface area contributed by atoms with Gasteiger partial charge in [0.25, 0.3) is 11.8 Å². The highest BCUT2D eigenvalue weighted by Crippen LogP contribution is 2.34. The van der Waals surface area contributed by atoms with Gasteiger partial charge in [0.1, 0.15) is 11.4 Å². The SMILES string of the molecule is CC(C)COc1ccc(C2=C(N3CC(C)OC(C)C3)C(=O)N(CC3CCCO3)C2=O)cc1. The highest BCUT2D eigenvalue weighted by molar-refractivity contribution is 6.35. The summed E-state index contributed by atoms with van der Waals surface area (Å²) < 4.78 is 17.4. The van der Waals surface area contributed by atoms with Crippen molar-refractivity contribution in [3.8, 4) is 5.75 Å². The Morgan fingerprint density at radius 1 is 1.06 bits per heavy atom. The van der Waals surface area contributed by atoms with Crippen LogP contribution in [0, 0.1) is 5.92 Å². The first-order chi connectivity index (χ1) is 15.3. The lowest BCUT2D eigenvalue weighted by Gasteiger charge is -2.37. The van der Waals surface area contributed by atoms with E-state index in [1.165, 1.54) is 4.90 Å². The van der Waals surface area contributed by atoms with Crippen LogP contribution >= 0.6 is 0 Å². The summed E-state index contributed by atoms with van der Waals surface area (Å²) in [6.07, 6.45) is 1.71. The predicted octanol–water partition coefficient (Wildman–Crippen LogP) is 3.09. The smallest absolute Gasteiger partial charge is 0.277 e. The molecule has 174 valence electrons. The van der Waals surface area contributed by atoms with Crippen molar-refractivity contribution < 1.29 is 23.8 Å². The summed E-state index contributed by atoms with van der Waals surface area (Å²) in [4.78, 5) is 30.4. The van der Waals surface area contributed by atoms with Gasteiger partial charge in [-0.1, -0.05) is 26.0 Å². The van der Waals surface area contributed by atoms with Crippen LogP contribution in [-0.4, -0.2) is 72.8 Å². The molecule has 0 radical (unpaired) electrons. The molecule has 3 aliphatic rings. The Labute approximate surface area is 190 Å². The Bertz CT molecular complexity index is 863. The second-order valence-corrected chi connectivity index (χ2v) is 9.47. The zero-order valence-corrected chi connectivity index (χ0v) is 19.5. The van der Waals surface area contributed by atoms with Gasteiger partial charge in [-0.3, -0.25) is 14.5 Å². The fourth-order valence-corrected chi connectivity index (χ4v) is 4.62. The van der Waals surface area contributed by atoms with Crippen LogP contribution in [0.4, 0.5) is 0 Å². The van der Waals surface area contributed by atoms with Crippen LogP contribution in [0.1, 0.15) is 46.1 Å². The van der Waals surface area contributed by atoms with Crippen molar-refractivity contribution in [2.45, 2.75) is 58.8 Å². The van der Waals surface area contributed by atoms with Crippen LogP contribution in [-0.2, 0) is 19.1 Å². The van der Waals surface area contributed by atoms with Gasteiger partial charge in [-0.2, -0.15) is 0 Å². The number of carbonyl (C=O) groups excluding carboxylic acids is 2. The van der Waals surface area contributed by atoms with Crippen LogP contribution in [0.5, 0.6) is 5.75 Å². The van der Waals surface area contributed by atoms with E-state index in [9.17, 15) is 9.59 Å². The van der Waals surface area contributed by atoms with E-state index in [0.29, 0.717) is 50.0 Å². The summed E-state index contributed by atoms with van der Waals surface area (Å²) in [5, 5.41) is 0. The van der Waals surface area contributed by atoms with Crippen molar-refractivity contribution >= 4 is 17.4 Å². The number of ether oxygens (including phenoxy) is 3. The Morgan fingerprint density at radius 2 is 1.75 bits per heavy atom. The van der Waals surface area contributed by atoms with E-state index in [2.05, 4.69) is 13.8 Å². The molecule has 32 heavy (non-hydrogen) atoms. The van der Waals surface area contributed by atoms with E-state index in [-0.39, 0.29) is 30.1 Å². The minimum Gasteiger partial charge on any atom is -0.493 e. The number of hydrogen-bond acceptors (Lipinski definition) is 6. The first-order valence-electron chi connectivity index (χ1n) is 11.7. The lowest BCUT2D eigenvalue weighted by atomic mass is 10.0. The third-order valence-electron chi connectivity index (χ3n) is 6.02. The van der Waals surface area contributed by atoms with E-state index in [1.807, 2.05) is 43.0 Å².